The number of amides is 2. The lowest BCUT2D eigenvalue weighted by molar-refractivity contribution is -0.145. The van der Waals surface area contributed by atoms with E-state index in [0.29, 0.717) is 16.9 Å². The van der Waals surface area contributed by atoms with E-state index in [1.54, 1.807) is 39.8 Å². The number of aliphatic imine (C=N–C) groups is 1. The van der Waals surface area contributed by atoms with Crippen molar-refractivity contribution in [1.82, 2.24) is 5.32 Å². The number of hydrogen-bond acceptors (Lipinski definition) is 8. The van der Waals surface area contributed by atoms with Crippen molar-refractivity contribution in [2.24, 2.45) is 10.7 Å². The molecule has 2 aromatic carbocycles. The first-order chi connectivity index (χ1) is 17.9. The molecule has 3 N–H and O–H groups in total. The Balaban J connectivity index is 2.05. The Morgan fingerprint density at radius 2 is 1.53 bits per heavy atom. The van der Waals surface area contributed by atoms with Gasteiger partial charge in [-0.1, -0.05) is 12.1 Å². The van der Waals surface area contributed by atoms with Gasteiger partial charge in [0.25, 0.3) is 5.91 Å². The van der Waals surface area contributed by atoms with Gasteiger partial charge < -0.3 is 30.0 Å². The third-order valence-corrected chi connectivity index (χ3v) is 4.80. The first kappa shape index (κ1) is 30.0. The summed E-state index contributed by atoms with van der Waals surface area (Å²) in [7, 11) is 1.42. The number of Topliss-reactive ketones (excluding diaryl/α,β-unsaturated/α-hetero) is 1. The normalized spacial score (nSPS) is 12.3. The van der Waals surface area contributed by atoms with Crippen LogP contribution in [0.2, 0.25) is 0 Å². The quantitative estimate of drug-likeness (QED) is 0.194. The van der Waals surface area contributed by atoms with Gasteiger partial charge in [0.2, 0.25) is 0 Å². The first-order valence-electron chi connectivity index (χ1n) is 11.8. The molecular formula is C27H33N3O8. The van der Waals surface area contributed by atoms with Crippen LogP contribution in [0.1, 0.15) is 54.0 Å². The molecule has 2 rings (SSSR count). The van der Waals surface area contributed by atoms with E-state index in [9.17, 15) is 19.2 Å². The van der Waals surface area contributed by atoms with Gasteiger partial charge in [0.05, 0.1) is 13.2 Å². The number of ether oxygens (including phenoxy) is 4. The average molecular weight is 528 g/mol. The Bertz CT molecular complexity index is 1150. The number of amidine groups is 1. The molecule has 0 fully saturated rings. The number of esters is 1. The van der Waals surface area contributed by atoms with Gasteiger partial charge in [-0.2, -0.15) is 4.99 Å². The van der Waals surface area contributed by atoms with Gasteiger partial charge >= 0.3 is 12.1 Å². The predicted molar refractivity (Wildman–Crippen MR) is 139 cm³/mol. The van der Waals surface area contributed by atoms with Crippen LogP contribution in [0.25, 0.3) is 0 Å². The molecule has 204 valence electrons. The highest BCUT2D eigenvalue weighted by Gasteiger charge is 2.23. The van der Waals surface area contributed by atoms with Crippen LogP contribution in [0.3, 0.4) is 0 Å². The number of methoxy groups -OCH3 is 1. The summed E-state index contributed by atoms with van der Waals surface area (Å²) < 4.78 is 20.4. The fourth-order valence-electron chi connectivity index (χ4n) is 3.09. The molecule has 0 saturated heterocycles. The number of rotatable bonds is 11. The third kappa shape index (κ3) is 9.66. The van der Waals surface area contributed by atoms with Crippen LogP contribution in [0.5, 0.6) is 5.75 Å². The van der Waals surface area contributed by atoms with Crippen LogP contribution in [-0.2, 0) is 19.0 Å². The number of nitrogens with two attached hydrogens (primary N) is 1. The van der Waals surface area contributed by atoms with Crippen LogP contribution in [0.4, 0.5) is 4.79 Å². The summed E-state index contributed by atoms with van der Waals surface area (Å²) in [5, 5.41) is 2.67. The van der Waals surface area contributed by atoms with Crippen LogP contribution in [0.15, 0.2) is 53.5 Å². The van der Waals surface area contributed by atoms with E-state index in [2.05, 4.69) is 10.3 Å². The second-order valence-corrected chi connectivity index (χ2v) is 9.02. The van der Waals surface area contributed by atoms with Gasteiger partial charge in [-0.05, 0) is 64.1 Å². The van der Waals surface area contributed by atoms with Crippen molar-refractivity contribution in [1.29, 1.82) is 0 Å². The lowest BCUT2D eigenvalue weighted by Crippen LogP contribution is -2.44. The predicted octanol–water partition coefficient (Wildman–Crippen LogP) is 2.90. The Morgan fingerprint density at radius 1 is 0.947 bits per heavy atom. The summed E-state index contributed by atoms with van der Waals surface area (Å²) in [4.78, 5) is 52.8. The molecule has 0 heterocycles. The third-order valence-electron chi connectivity index (χ3n) is 4.80. The number of nitrogens with zero attached hydrogens (tertiary/aromatic N) is 1. The molecule has 0 spiro atoms. The molecule has 0 aliphatic rings. The van der Waals surface area contributed by atoms with Crippen molar-refractivity contribution in [3.05, 3.63) is 65.2 Å². The van der Waals surface area contributed by atoms with E-state index in [1.807, 2.05) is 0 Å². The summed E-state index contributed by atoms with van der Waals surface area (Å²) in [5.74, 6) is -1.06. The van der Waals surface area contributed by atoms with E-state index >= 15 is 0 Å². The lowest BCUT2D eigenvalue weighted by atomic mass is 10.0. The first-order valence-corrected chi connectivity index (χ1v) is 11.8. The molecule has 0 aromatic heterocycles. The molecule has 0 aliphatic carbocycles. The number of carbonyl (C=O) groups is 4. The minimum atomic E-state index is -0.961. The maximum absolute atomic E-state index is 13.0. The molecule has 0 aliphatic heterocycles. The highest BCUT2D eigenvalue weighted by atomic mass is 16.6. The van der Waals surface area contributed by atoms with Crippen molar-refractivity contribution >= 4 is 29.6 Å². The van der Waals surface area contributed by atoms with Gasteiger partial charge in [-0.15, -0.1) is 0 Å². The fraction of sp³-hybridized carbons (Fsp3) is 0.370. The minimum absolute atomic E-state index is 0.0563. The molecule has 2 amide bonds. The highest BCUT2D eigenvalue weighted by molar-refractivity contribution is 6.06. The second-order valence-electron chi connectivity index (χ2n) is 9.02. The van der Waals surface area contributed by atoms with E-state index in [1.165, 1.54) is 43.5 Å². The Morgan fingerprint density at radius 3 is 2.08 bits per heavy atom. The smallest absolute Gasteiger partial charge is 0.436 e. The topological polar surface area (TPSA) is 156 Å². The fourth-order valence-corrected chi connectivity index (χ4v) is 3.09. The van der Waals surface area contributed by atoms with Gasteiger partial charge in [-0.25, -0.2) is 9.59 Å². The second kappa shape index (κ2) is 13.9. The maximum atomic E-state index is 13.0. The van der Waals surface area contributed by atoms with E-state index < -0.39 is 29.6 Å². The molecular weight excluding hydrogens is 494 g/mol. The van der Waals surface area contributed by atoms with Gasteiger partial charge in [0.1, 0.15) is 23.2 Å². The van der Waals surface area contributed by atoms with Gasteiger partial charge in [-0.3, -0.25) is 9.59 Å². The van der Waals surface area contributed by atoms with E-state index in [-0.39, 0.29) is 37.0 Å². The zero-order valence-corrected chi connectivity index (χ0v) is 22.1. The lowest BCUT2D eigenvalue weighted by Gasteiger charge is -2.18. The van der Waals surface area contributed by atoms with E-state index in [0.717, 1.165) is 0 Å². The largest absolute Gasteiger partial charge is 0.482 e. The summed E-state index contributed by atoms with van der Waals surface area (Å²) in [5.41, 5.74) is 6.16. The Hall–Kier alpha value is -4.25. The monoisotopic (exact) mass is 527 g/mol. The standard InChI is InChI=1S/C27H33N3O8/c1-6-36-22(31)16-37-20-13-11-17(12-14-20)23(32)21(15-35-5)29-25(33)19-9-7-18(8-10-19)24(28)30-26(34)38-27(2,3)4/h7-14,21H,6,15-16H2,1-5H3,(H,29,33)(H2,28,30,34). The van der Waals surface area contributed by atoms with Crippen molar-refractivity contribution in [3.8, 4) is 5.75 Å². The summed E-state index contributed by atoms with van der Waals surface area (Å²) in [6, 6.07) is 11.2. The molecule has 1 unspecified atom stereocenters. The van der Waals surface area contributed by atoms with Crippen molar-refractivity contribution in [2.75, 3.05) is 26.9 Å². The Kier molecular flexibility index (Phi) is 11.0. The maximum Gasteiger partial charge on any atom is 0.436 e. The van der Waals surface area contributed by atoms with Gasteiger partial charge in [0, 0.05) is 23.8 Å². The van der Waals surface area contributed by atoms with E-state index in [4.69, 9.17) is 24.7 Å². The zero-order valence-electron chi connectivity index (χ0n) is 22.1. The minimum Gasteiger partial charge on any atom is -0.482 e. The summed E-state index contributed by atoms with van der Waals surface area (Å²) in [6.45, 7) is 6.78. The van der Waals surface area contributed by atoms with Crippen molar-refractivity contribution in [2.45, 2.75) is 39.3 Å². The number of hydrogen-bond donors (Lipinski definition) is 2. The van der Waals surface area contributed by atoms with Crippen LogP contribution in [0, 0.1) is 0 Å². The molecule has 38 heavy (non-hydrogen) atoms. The number of nitrogens with one attached hydrogen (secondary N) is 1. The highest BCUT2D eigenvalue weighted by Crippen LogP contribution is 2.15. The number of ketones is 1. The van der Waals surface area contributed by atoms with Gasteiger partial charge in [0.15, 0.2) is 12.4 Å². The zero-order chi connectivity index (χ0) is 28.3. The molecule has 11 heteroatoms. The van der Waals surface area contributed by atoms with Crippen molar-refractivity contribution in [3.63, 3.8) is 0 Å². The van der Waals surface area contributed by atoms with Crippen LogP contribution >= 0.6 is 0 Å². The summed E-state index contributed by atoms with van der Waals surface area (Å²) >= 11 is 0. The molecule has 2 aromatic rings. The Labute approximate surface area is 221 Å². The molecule has 1 atom stereocenters. The number of benzene rings is 2. The van der Waals surface area contributed by atoms with Crippen LogP contribution in [-0.4, -0.2) is 68.2 Å². The van der Waals surface area contributed by atoms with Crippen molar-refractivity contribution < 1.29 is 38.1 Å². The molecule has 0 radical (unpaired) electrons. The molecule has 11 nitrogen and oxygen atoms in total. The molecule has 0 saturated carbocycles. The molecule has 0 bridgehead atoms. The average Bonchev–Trinajstić information content (AvgIpc) is 2.86. The van der Waals surface area contributed by atoms with Crippen LogP contribution < -0.4 is 15.8 Å². The SMILES string of the molecule is CCOC(=O)COc1ccc(C(=O)C(COC)NC(=O)c2ccc(/C(N)=N\C(=O)OC(C)(C)C)cc2)cc1. The summed E-state index contributed by atoms with van der Waals surface area (Å²) in [6.07, 6.45) is -0.823. The number of carbonyl (C=O) groups excluding carboxylic acids is 4.